The highest BCUT2D eigenvalue weighted by Crippen LogP contribution is 2.09. The summed E-state index contributed by atoms with van der Waals surface area (Å²) >= 11 is 0. The van der Waals surface area contributed by atoms with Gasteiger partial charge in [-0.25, -0.2) is 4.98 Å². The molecule has 1 N–H and O–H groups in total. The van der Waals surface area contributed by atoms with Gasteiger partial charge in [0.25, 0.3) is 0 Å². The van der Waals surface area contributed by atoms with Gasteiger partial charge < -0.3 is 5.32 Å². The Hall–Kier alpha value is -2.83. The smallest absolute Gasteiger partial charge is 0.239 e. The van der Waals surface area contributed by atoms with Crippen LogP contribution < -0.4 is 5.32 Å². The molecule has 106 valence electrons. The van der Waals surface area contributed by atoms with Gasteiger partial charge in [-0.2, -0.15) is 15.0 Å². The number of anilines is 1. The van der Waals surface area contributed by atoms with Crippen molar-refractivity contribution in [1.82, 2.24) is 29.5 Å². The van der Waals surface area contributed by atoms with E-state index < -0.39 is 0 Å². The molecule has 0 aliphatic rings. The maximum atomic E-state index is 4.47. The van der Waals surface area contributed by atoms with Crippen molar-refractivity contribution in [1.29, 1.82) is 0 Å². The van der Waals surface area contributed by atoms with Crippen LogP contribution in [0.5, 0.6) is 0 Å². The highest BCUT2D eigenvalue weighted by molar-refractivity contribution is 5.29. The van der Waals surface area contributed by atoms with Crippen LogP contribution in [0.25, 0.3) is 5.95 Å². The SMILES string of the molecule is CCNc1nc(Cc2ccccn2)nc(-n2ccnc2)n1. The van der Waals surface area contributed by atoms with E-state index in [1.165, 1.54) is 0 Å². The molecule has 21 heavy (non-hydrogen) atoms. The molecule has 0 saturated carbocycles. The van der Waals surface area contributed by atoms with E-state index >= 15 is 0 Å². The molecule has 0 unspecified atom stereocenters. The Morgan fingerprint density at radius 3 is 2.81 bits per heavy atom. The molecule has 3 rings (SSSR count). The molecule has 0 aromatic carbocycles. The van der Waals surface area contributed by atoms with Crippen molar-refractivity contribution in [3.63, 3.8) is 0 Å². The van der Waals surface area contributed by atoms with Gasteiger partial charge in [0.15, 0.2) is 0 Å². The summed E-state index contributed by atoms with van der Waals surface area (Å²) in [5.74, 6) is 1.77. The van der Waals surface area contributed by atoms with E-state index in [0.717, 1.165) is 12.2 Å². The summed E-state index contributed by atoms with van der Waals surface area (Å²) in [7, 11) is 0. The summed E-state index contributed by atoms with van der Waals surface area (Å²) in [6, 6.07) is 5.79. The minimum Gasteiger partial charge on any atom is -0.354 e. The first-order valence-corrected chi connectivity index (χ1v) is 6.72. The largest absolute Gasteiger partial charge is 0.354 e. The molecule has 3 heterocycles. The summed E-state index contributed by atoms with van der Waals surface area (Å²) in [5.41, 5.74) is 0.919. The first-order chi connectivity index (χ1) is 10.3. The van der Waals surface area contributed by atoms with Gasteiger partial charge in [-0.05, 0) is 19.1 Å². The second-order valence-electron chi connectivity index (χ2n) is 4.37. The fourth-order valence-corrected chi connectivity index (χ4v) is 1.88. The fourth-order valence-electron chi connectivity index (χ4n) is 1.88. The Balaban J connectivity index is 1.95. The van der Waals surface area contributed by atoms with Crippen molar-refractivity contribution in [3.05, 3.63) is 54.6 Å². The molecule has 0 saturated heterocycles. The molecule has 0 radical (unpaired) electrons. The number of hydrogen-bond donors (Lipinski definition) is 1. The van der Waals surface area contributed by atoms with Gasteiger partial charge in [-0.1, -0.05) is 6.07 Å². The summed E-state index contributed by atoms with van der Waals surface area (Å²) < 4.78 is 1.75. The van der Waals surface area contributed by atoms with Gasteiger partial charge in [-0.15, -0.1) is 0 Å². The first-order valence-electron chi connectivity index (χ1n) is 6.72. The van der Waals surface area contributed by atoms with E-state index in [1.807, 2.05) is 25.1 Å². The van der Waals surface area contributed by atoms with Crippen LogP contribution in [0.1, 0.15) is 18.4 Å². The number of aromatic nitrogens is 6. The van der Waals surface area contributed by atoms with Gasteiger partial charge in [0.2, 0.25) is 11.9 Å². The molecule has 0 aliphatic heterocycles. The third kappa shape index (κ3) is 3.19. The van der Waals surface area contributed by atoms with Crippen molar-refractivity contribution in [3.8, 4) is 5.95 Å². The maximum absolute atomic E-state index is 4.47. The number of nitrogens with zero attached hydrogens (tertiary/aromatic N) is 6. The predicted octanol–water partition coefficient (Wildman–Crippen LogP) is 1.47. The van der Waals surface area contributed by atoms with Gasteiger partial charge in [0, 0.05) is 30.8 Å². The van der Waals surface area contributed by atoms with Crippen molar-refractivity contribution < 1.29 is 0 Å². The zero-order chi connectivity index (χ0) is 14.5. The van der Waals surface area contributed by atoms with E-state index in [4.69, 9.17) is 0 Å². The number of hydrogen-bond acceptors (Lipinski definition) is 6. The Kier molecular flexibility index (Phi) is 3.81. The highest BCUT2D eigenvalue weighted by atomic mass is 15.2. The normalized spacial score (nSPS) is 10.5. The lowest BCUT2D eigenvalue weighted by atomic mass is 10.2. The van der Waals surface area contributed by atoms with Crippen LogP contribution in [0.2, 0.25) is 0 Å². The predicted molar refractivity (Wildman–Crippen MR) is 78.2 cm³/mol. The van der Waals surface area contributed by atoms with E-state index in [2.05, 4.69) is 30.2 Å². The Morgan fingerprint density at radius 1 is 1.14 bits per heavy atom. The molecular weight excluding hydrogens is 266 g/mol. The van der Waals surface area contributed by atoms with Gasteiger partial charge in [0.1, 0.15) is 12.2 Å². The minimum atomic E-state index is 0.546. The molecule has 3 aromatic rings. The van der Waals surface area contributed by atoms with Gasteiger partial charge in [-0.3, -0.25) is 9.55 Å². The average molecular weight is 281 g/mol. The van der Waals surface area contributed by atoms with E-state index in [1.54, 1.807) is 29.5 Å². The third-order valence-corrected chi connectivity index (χ3v) is 2.81. The van der Waals surface area contributed by atoms with E-state index in [-0.39, 0.29) is 0 Å². The highest BCUT2D eigenvalue weighted by Gasteiger charge is 2.08. The molecule has 0 fully saturated rings. The molecule has 0 amide bonds. The first kappa shape index (κ1) is 13.2. The second-order valence-corrected chi connectivity index (χ2v) is 4.37. The third-order valence-electron chi connectivity index (χ3n) is 2.81. The Labute approximate surface area is 122 Å². The van der Waals surface area contributed by atoms with Crippen LogP contribution in [0.3, 0.4) is 0 Å². The quantitative estimate of drug-likeness (QED) is 0.762. The van der Waals surface area contributed by atoms with Crippen molar-refractivity contribution >= 4 is 5.95 Å². The van der Waals surface area contributed by atoms with Crippen molar-refractivity contribution in [2.45, 2.75) is 13.3 Å². The molecule has 0 atom stereocenters. The summed E-state index contributed by atoms with van der Waals surface area (Å²) in [4.78, 5) is 21.6. The van der Waals surface area contributed by atoms with Gasteiger partial charge in [0.05, 0.1) is 6.42 Å². The lowest BCUT2D eigenvalue weighted by molar-refractivity contribution is 0.834. The lowest BCUT2D eigenvalue weighted by Crippen LogP contribution is -2.11. The van der Waals surface area contributed by atoms with Crippen LogP contribution in [0.15, 0.2) is 43.1 Å². The maximum Gasteiger partial charge on any atom is 0.239 e. The monoisotopic (exact) mass is 281 g/mol. The fraction of sp³-hybridized carbons (Fsp3) is 0.214. The number of rotatable bonds is 5. The summed E-state index contributed by atoms with van der Waals surface area (Å²) in [6.45, 7) is 2.75. The Morgan fingerprint density at radius 2 is 2.10 bits per heavy atom. The second kappa shape index (κ2) is 6.08. The zero-order valence-electron chi connectivity index (χ0n) is 11.6. The molecule has 0 bridgehead atoms. The van der Waals surface area contributed by atoms with Gasteiger partial charge >= 0.3 is 0 Å². The zero-order valence-corrected chi connectivity index (χ0v) is 11.6. The molecule has 3 aromatic heterocycles. The average Bonchev–Trinajstić information content (AvgIpc) is 3.03. The van der Waals surface area contributed by atoms with E-state index in [9.17, 15) is 0 Å². The number of pyridine rings is 1. The van der Waals surface area contributed by atoms with Crippen LogP contribution in [0, 0.1) is 0 Å². The summed E-state index contributed by atoms with van der Waals surface area (Å²) in [6.07, 6.45) is 7.47. The standard InChI is InChI=1S/C14H15N7/c1-2-16-13-18-12(9-11-5-3-4-6-17-11)19-14(20-13)21-8-7-15-10-21/h3-8,10H,2,9H2,1H3,(H,16,18,19,20). The van der Waals surface area contributed by atoms with Crippen LogP contribution in [-0.4, -0.2) is 36.0 Å². The Bertz CT molecular complexity index is 695. The molecular formula is C14H15N7. The number of nitrogens with one attached hydrogen (secondary N) is 1. The van der Waals surface area contributed by atoms with E-state index in [0.29, 0.717) is 24.1 Å². The van der Waals surface area contributed by atoms with Crippen LogP contribution >= 0.6 is 0 Å². The van der Waals surface area contributed by atoms with Crippen molar-refractivity contribution in [2.75, 3.05) is 11.9 Å². The molecule has 7 nitrogen and oxygen atoms in total. The number of imidazole rings is 1. The molecule has 0 aliphatic carbocycles. The molecule has 7 heteroatoms. The lowest BCUT2D eigenvalue weighted by Gasteiger charge is -2.07. The minimum absolute atomic E-state index is 0.546. The van der Waals surface area contributed by atoms with Crippen LogP contribution in [0.4, 0.5) is 5.95 Å². The molecule has 0 spiro atoms. The topological polar surface area (TPSA) is 81.4 Å². The summed E-state index contributed by atoms with van der Waals surface area (Å²) in [5, 5.41) is 3.12. The van der Waals surface area contributed by atoms with Crippen molar-refractivity contribution in [2.24, 2.45) is 0 Å². The van der Waals surface area contributed by atoms with Crippen LogP contribution in [-0.2, 0) is 6.42 Å².